The van der Waals surface area contributed by atoms with Crippen LogP contribution in [0.3, 0.4) is 0 Å². The molecule has 9 rings (SSSR count). The maximum atomic E-state index is 11.7. The number of carboxylic acids is 2. The number of nitrogens with zero attached hydrogens (tertiary/aromatic N) is 2. The van der Waals surface area contributed by atoms with Crippen LogP contribution in [0.5, 0.6) is 11.5 Å². The first-order valence-electron chi connectivity index (χ1n) is 20.1. The molecule has 0 aromatic heterocycles. The van der Waals surface area contributed by atoms with Gasteiger partial charge in [-0.2, -0.15) is 0 Å². The predicted octanol–water partition coefficient (Wildman–Crippen LogP) is 12.7. The standard InChI is InChI=1S/C54H36N2O8/c57-33-63-45-29-25-43(26-30-45)56(44-27-31-46(32-28-44)64-34-58)40-19-11-36(12-20-40)52-49-7-3-1-5-47(49)51(48-6-2-4-8-50(48)52)35-9-17-39(18-10-35)55(41-21-13-37(14-22-41)53(59)60)42-23-15-38(16-24-42)54(61)62/h1-34H,(H,59,60)(H,61,62). The molecule has 9 aromatic rings. The quantitative estimate of drug-likeness (QED) is 0.0805. The van der Waals surface area contributed by atoms with Crippen LogP contribution in [0.1, 0.15) is 20.7 Å². The predicted molar refractivity (Wildman–Crippen MR) is 249 cm³/mol. The van der Waals surface area contributed by atoms with Crippen LogP contribution < -0.4 is 19.3 Å². The fourth-order valence-corrected chi connectivity index (χ4v) is 8.16. The molecule has 0 saturated heterocycles. The third kappa shape index (κ3) is 7.86. The minimum Gasteiger partial charge on any atom is -0.478 e. The maximum Gasteiger partial charge on any atom is 0.335 e. The lowest BCUT2D eigenvalue weighted by molar-refractivity contribution is -0.121. The molecule has 10 heteroatoms. The van der Waals surface area contributed by atoms with Crippen molar-refractivity contribution in [2.45, 2.75) is 0 Å². The van der Waals surface area contributed by atoms with Crippen molar-refractivity contribution in [3.63, 3.8) is 0 Å². The molecule has 0 amide bonds. The summed E-state index contributed by atoms with van der Waals surface area (Å²) in [4.78, 5) is 49.4. The molecule has 10 nitrogen and oxygen atoms in total. The minimum absolute atomic E-state index is 0.157. The Morgan fingerprint density at radius 2 is 0.609 bits per heavy atom. The normalized spacial score (nSPS) is 10.9. The minimum atomic E-state index is -1.03. The Kier molecular flexibility index (Phi) is 11.1. The van der Waals surface area contributed by atoms with E-state index in [4.69, 9.17) is 9.47 Å². The summed E-state index contributed by atoms with van der Waals surface area (Å²) in [7, 11) is 0. The fourth-order valence-electron chi connectivity index (χ4n) is 8.16. The largest absolute Gasteiger partial charge is 0.478 e. The number of benzene rings is 9. The van der Waals surface area contributed by atoms with Gasteiger partial charge in [-0.3, -0.25) is 9.59 Å². The van der Waals surface area contributed by atoms with Gasteiger partial charge in [0.1, 0.15) is 11.5 Å². The first-order valence-corrected chi connectivity index (χ1v) is 20.1. The first-order chi connectivity index (χ1) is 31.3. The Hall–Kier alpha value is -9.02. The summed E-state index contributed by atoms with van der Waals surface area (Å²) in [6, 6.07) is 60.7. The lowest BCUT2D eigenvalue weighted by Gasteiger charge is -2.26. The molecule has 0 aliphatic heterocycles. The number of ether oxygens (including phenoxy) is 2. The third-order valence-corrected chi connectivity index (χ3v) is 11.1. The number of carbonyl (C=O) groups is 4. The SMILES string of the molecule is O=COc1ccc(N(c2ccc(OC=O)cc2)c2ccc(-c3c4ccccc4c(-c4ccc(N(c5ccc(C(=O)O)cc5)c5ccc(C(=O)O)cc5)cc4)c4ccccc34)cc2)cc1. The zero-order chi connectivity index (χ0) is 44.2. The van der Waals surface area contributed by atoms with E-state index >= 15 is 0 Å². The van der Waals surface area contributed by atoms with E-state index in [-0.39, 0.29) is 11.1 Å². The number of hydrogen-bond acceptors (Lipinski definition) is 8. The summed E-state index contributed by atoms with van der Waals surface area (Å²) < 4.78 is 10.1. The Bertz CT molecular complexity index is 3000. The van der Waals surface area contributed by atoms with Gasteiger partial charge in [0.2, 0.25) is 0 Å². The monoisotopic (exact) mass is 840 g/mol. The van der Waals surface area contributed by atoms with E-state index in [1.807, 2.05) is 65.6 Å². The molecule has 0 heterocycles. The highest BCUT2D eigenvalue weighted by molar-refractivity contribution is 6.21. The summed E-state index contributed by atoms with van der Waals surface area (Å²) in [6.07, 6.45) is 0. The molecule has 0 radical (unpaired) electrons. The molecule has 0 atom stereocenters. The van der Waals surface area contributed by atoms with E-state index in [0.29, 0.717) is 35.8 Å². The van der Waals surface area contributed by atoms with Crippen molar-refractivity contribution in [3.8, 4) is 33.8 Å². The number of fused-ring (bicyclic) bond motifs is 2. The zero-order valence-corrected chi connectivity index (χ0v) is 33.9. The molecule has 2 N–H and O–H groups in total. The number of hydrogen-bond donors (Lipinski definition) is 2. The van der Waals surface area contributed by atoms with Crippen molar-refractivity contribution >= 4 is 80.6 Å². The number of rotatable bonds is 14. The molecule has 64 heavy (non-hydrogen) atoms. The van der Waals surface area contributed by atoms with Crippen molar-refractivity contribution in [1.29, 1.82) is 0 Å². The van der Waals surface area contributed by atoms with Gasteiger partial charge in [0.15, 0.2) is 0 Å². The van der Waals surface area contributed by atoms with Gasteiger partial charge in [0, 0.05) is 34.1 Å². The molecular weight excluding hydrogens is 805 g/mol. The van der Waals surface area contributed by atoms with E-state index < -0.39 is 11.9 Å². The van der Waals surface area contributed by atoms with Gasteiger partial charge < -0.3 is 29.5 Å². The molecule has 310 valence electrons. The molecule has 9 aromatic carbocycles. The summed E-state index contributed by atoms with van der Waals surface area (Å²) in [5.74, 6) is -1.23. The fraction of sp³-hybridized carbons (Fsp3) is 0. The Balaban J connectivity index is 1.13. The molecule has 0 bridgehead atoms. The number of aromatic carboxylic acids is 2. The number of carbonyl (C=O) groups excluding carboxylic acids is 2. The van der Waals surface area contributed by atoms with Crippen LogP contribution in [-0.2, 0) is 9.59 Å². The van der Waals surface area contributed by atoms with Crippen LogP contribution in [0, 0.1) is 0 Å². The lowest BCUT2D eigenvalue weighted by atomic mass is 9.86. The zero-order valence-electron chi connectivity index (χ0n) is 33.9. The van der Waals surface area contributed by atoms with Crippen LogP contribution in [-0.4, -0.2) is 35.1 Å². The highest BCUT2D eigenvalue weighted by atomic mass is 16.5. The molecule has 0 saturated carbocycles. The van der Waals surface area contributed by atoms with Crippen molar-refractivity contribution in [1.82, 2.24) is 0 Å². The van der Waals surface area contributed by atoms with Crippen molar-refractivity contribution in [2.75, 3.05) is 9.80 Å². The summed E-state index contributed by atoms with van der Waals surface area (Å²) >= 11 is 0. The van der Waals surface area contributed by atoms with Crippen LogP contribution >= 0.6 is 0 Å². The van der Waals surface area contributed by atoms with E-state index in [2.05, 4.69) is 65.6 Å². The summed E-state index contributed by atoms with van der Waals surface area (Å²) in [5, 5.41) is 23.4. The highest BCUT2D eigenvalue weighted by Gasteiger charge is 2.20. The van der Waals surface area contributed by atoms with E-state index in [1.54, 1.807) is 72.8 Å². The van der Waals surface area contributed by atoms with Crippen molar-refractivity contribution < 1.29 is 38.9 Å². The third-order valence-electron chi connectivity index (χ3n) is 11.1. The average molecular weight is 841 g/mol. The average Bonchev–Trinajstić information content (AvgIpc) is 3.33. The summed E-state index contributed by atoms with van der Waals surface area (Å²) in [6.45, 7) is 0.784. The van der Waals surface area contributed by atoms with E-state index in [9.17, 15) is 29.4 Å². The number of anilines is 6. The molecule has 0 unspecified atom stereocenters. The van der Waals surface area contributed by atoms with Crippen molar-refractivity contribution in [3.05, 3.63) is 205 Å². The second-order valence-corrected chi connectivity index (χ2v) is 14.7. The van der Waals surface area contributed by atoms with Crippen molar-refractivity contribution in [2.24, 2.45) is 0 Å². The van der Waals surface area contributed by atoms with Gasteiger partial charge in [-0.25, -0.2) is 9.59 Å². The second-order valence-electron chi connectivity index (χ2n) is 14.7. The molecule has 0 spiro atoms. The molecule has 0 fully saturated rings. The van der Waals surface area contributed by atoms with Crippen LogP contribution in [0.15, 0.2) is 194 Å². The lowest BCUT2D eigenvalue weighted by Crippen LogP contribution is -2.10. The van der Waals surface area contributed by atoms with Gasteiger partial charge >= 0.3 is 11.9 Å². The molecule has 0 aliphatic rings. The van der Waals surface area contributed by atoms with E-state index in [0.717, 1.165) is 66.5 Å². The van der Waals surface area contributed by atoms with Crippen LogP contribution in [0.25, 0.3) is 43.8 Å². The van der Waals surface area contributed by atoms with Gasteiger partial charge in [0.05, 0.1) is 11.1 Å². The Morgan fingerprint density at radius 1 is 0.359 bits per heavy atom. The Morgan fingerprint density at radius 3 is 0.859 bits per heavy atom. The highest BCUT2D eigenvalue weighted by Crippen LogP contribution is 2.46. The summed E-state index contributed by atoms with van der Waals surface area (Å²) in [5.41, 5.74) is 9.18. The molecular formula is C54H36N2O8. The van der Waals surface area contributed by atoms with Crippen LogP contribution in [0.2, 0.25) is 0 Å². The Labute approximate surface area is 367 Å². The maximum absolute atomic E-state index is 11.7. The van der Waals surface area contributed by atoms with Gasteiger partial charge in [-0.05, 0) is 165 Å². The molecule has 0 aliphatic carbocycles. The first kappa shape index (κ1) is 40.4. The van der Waals surface area contributed by atoms with Gasteiger partial charge in [0.25, 0.3) is 12.9 Å². The smallest absolute Gasteiger partial charge is 0.335 e. The topological polar surface area (TPSA) is 134 Å². The van der Waals surface area contributed by atoms with E-state index in [1.165, 1.54) is 0 Å². The second kappa shape index (κ2) is 17.5. The van der Waals surface area contributed by atoms with Gasteiger partial charge in [-0.15, -0.1) is 0 Å². The number of carboxylic acid groups (broad SMARTS) is 2. The van der Waals surface area contributed by atoms with Gasteiger partial charge in [-0.1, -0.05) is 72.8 Å². The van der Waals surface area contributed by atoms with Crippen LogP contribution in [0.4, 0.5) is 34.1 Å².